The first-order valence-corrected chi connectivity index (χ1v) is 13.7. The molecule has 4 rings (SSSR count). The maximum Gasteiger partial charge on any atom is 0.306 e. The fourth-order valence-corrected chi connectivity index (χ4v) is 9.30. The molecule has 10 atom stereocenters. The molecule has 2 N–H and O–H groups in total. The quantitative estimate of drug-likeness (QED) is 0.412. The summed E-state index contributed by atoms with van der Waals surface area (Å²) in [5.41, 5.74) is 2.35. The molecule has 2 unspecified atom stereocenters. The van der Waals surface area contributed by atoms with Gasteiger partial charge < -0.3 is 10.2 Å². The number of carboxylic acid groups (broad SMARTS) is 1. The fraction of sp³-hybridized carbons (Fsp3) is 0.897. The van der Waals surface area contributed by atoms with Crippen LogP contribution in [0.4, 0.5) is 0 Å². The summed E-state index contributed by atoms with van der Waals surface area (Å²) in [6.07, 6.45) is 15.4. The minimum Gasteiger partial charge on any atom is -0.481 e. The third-order valence-corrected chi connectivity index (χ3v) is 11.5. The van der Waals surface area contributed by atoms with Crippen LogP contribution in [0.25, 0.3) is 0 Å². The number of rotatable bonds is 7. The number of fused-ring (bicyclic) bond motifs is 5. The van der Waals surface area contributed by atoms with Gasteiger partial charge in [0.05, 0.1) is 12.0 Å². The lowest BCUT2D eigenvalue weighted by atomic mass is 9.47. The van der Waals surface area contributed by atoms with E-state index in [1.165, 1.54) is 44.9 Å². The second-order valence-electron chi connectivity index (χ2n) is 12.7. The fourth-order valence-electron chi connectivity index (χ4n) is 9.30. The molecule has 0 aromatic heterocycles. The lowest BCUT2D eigenvalue weighted by Crippen LogP contribution is -2.50. The Labute approximate surface area is 196 Å². The van der Waals surface area contributed by atoms with E-state index in [-0.39, 0.29) is 12.0 Å². The van der Waals surface area contributed by atoms with Gasteiger partial charge in [0.2, 0.25) is 0 Å². The second-order valence-corrected chi connectivity index (χ2v) is 12.7. The molecule has 0 aliphatic heterocycles. The maximum absolute atomic E-state index is 11.5. The molecule has 0 amide bonds. The summed E-state index contributed by atoms with van der Waals surface area (Å²) in [5, 5.41) is 19.7. The number of hydrogen-bond acceptors (Lipinski definition) is 2. The summed E-state index contributed by atoms with van der Waals surface area (Å²) in [6.45, 7) is 11.6. The molecule has 182 valence electrons. The Kier molecular flexibility index (Phi) is 6.90. The van der Waals surface area contributed by atoms with Crippen molar-refractivity contribution in [3.8, 4) is 0 Å². The average Bonchev–Trinajstić information content (AvgIpc) is 3.11. The number of aliphatic hydroxyl groups excluding tert-OH is 1. The van der Waals surface area contributed by atoms with E-state index in [1.807, 2.05) is 6.92 Å². The molecular formula is C29H48O3. The van der Waals surface area contributed by atoms with Gasteiger partial charge in [-0.25, -0.2) is 0 Å². The zero-order valence-corrected chi connectivity index (χ0v) is 21.3. The van der Waals surface area contributed by atoms with Crippen molar-refractivity contribution in [2.75, 3.05) is 0 Å². The van der Waals surface area contributed by atoms with Gasteiger partial charge in [0.25, 0.3) is 0 Å². The van der Waals surface area contributed by atoms with E-state index >= 15 is 0 Å². The monoisotopic (exact) mass is 444 g/mol. The van der Waals surface area contributed by atoms with E-state index < -0.39 is 5.97 Å². The van der Waals surface area contributed by atoms with E-state index in [4.69, 9.17) is 0 Å². The largest absolute Gasteiger partial charge is 0.481 e. The first-order chi connectivity index (χ1) is 15.1. The van der Waals surface area contributed by atoms with Crippen molar-refractivity contribution in [1.82, 2.24) is 0 Å². The lowest BCUT2D eigenvalue weighted by molar-refractivity contribution is -0.143. The first-order valence-electron chi connectivity index (χ1n) is 13.7. The van der Waals surface area contributed by atoms with Crippen LogP contribution >= 0.6 is 0 Å². The highest BCUT2D eigenvalue weighted by Gasteiger charge is 2.59. The Morgan fingerprint density at radius 2 is 1.84 bits per heavy atom. The van der Waals surface area contributed by atoms with Crippen LogP contribution in [0.3, 0.4) is 0 Å². The van der Waals surface area contributed by atoms with Crippen molar-refractivity contribution >= 4 is 5.97 Å². The third kappa shape index (κ3) is 3.99. The SMILES string of the molecule is CCC(CC[C@@H](C)[C@H]1CC[C@H]2[C@@H]3CC=C4C[C@H](O)CC[C@]4(C)[C@H]3CC[C@]12C)C(C)C(=O)O. The summed E-state index contributed by atoms with van der Waals surface area (Å²) in [5.74, 6) is 3.39. The molecule has 0 aromatic carbocycles. The number of hydrogen-bond donors (Lipinski definition) is 2. The molecule has 0 saturated heterocycles. The second kappa shape index (κ2) is 9.08. The van der Waals surface area contributed by atoms with Gasteiger partial charge in [-0.15, -0.1) is 0 Å². The molecule has 4 aliphatic rings. The topological polar surface area (TPSA) is 57.5 Å². The minimum atomic E-state index is -0.635. The standard InChI is InChI=1S/C29H48O3/c1-6-20(19(3)27(31)32)8-7-18(2)24-11-12-25-23-10-9-21-17-22(30)13-15-28(21,4)26(23)14-16-29(24,25)5/h9,18-20,22-26,30H,6-8,10-17H2,1-5H3,(H,31,32)/t18-,19?,20?,22-,23+,24-,25+,26+,28+,29-/m1/s1. The molecule has 0 bridgehead atoms. The van der Waals surface area contributed by atoms with Crippen LogP contribution in [0.15, 0.2) is 11.6 Å². The minimum absolute atomic E-state index is 0.118. The van der Waals surface area contributed by atoms with Crippen molar-refractivity contribution < 1.29 is 15.0 Å². The predicted octanol–water partition coefficient (Wildman–Crippen LogP) is 7.09. The highest BCUT2D eigenvalue weighted by Crippen LogP contribution is 2.67. The zero-order valence-electron chi connectivity index (χ0n) is 21.3. The Morgan fingerprint density at radius 1 is 1.09 bits per heavy atom. The summed E-state index contributed by atoms with van der Waals surface area (Å²) in [7, 11) is 0. The number of aliphatic hydroxyl groups is 1. The van der Waals surface area contributed by atoms with Crippen LogP contribution in [0, 0.1) is 52.3 Å². The average molecular weight is 445 g/mol. The van der Waals surface area contributed by atoms with Crippen molar-refractivity contribution in [3.05, 3.63) is 11.6 Å². The lowest BCUT2D eigenvalue weighted by Gasteiger charge is -2.58. The molecule has 3 fully saturated rings. The van der Waals surface area contributed by atoms with Crippen LogP contribution < -0.4 is 0 Å². The van der Waals surface area contributed by atoms with Gasteiger partial charge in [-0.1, -0.05) is 59.1 Å². The van der Waals surface area contributed by atoms with Crippen molar-refractivity contribution in [1.29, 1.82) is 0 Å². The molecule has 4 aliphatic carbocycles. The third-order valence-electron chi connectivity index (χ3n) is 11.5. The van der Waals surface area contributed by atoms with Gasteiger partial charge in [-0.3, -0.25) is 4.79 Å². The molecule has 0 aromatic rings. The van der Waals surface area contributed by atoms with Gasteiger partial charge in [0.1, 0.15) is 0 Å². The molecule has 32 heavy (non-hydrogen) atoms. The smallest absolute Gasteiger partial charge is 0.306 e. The Balaban J connectivity index is 1.45. The normalized spacial score (nSPS) is 43.9. The molecule has 0 spiro atoms. The van der Waals surface area contributed by atoms with E-state index in [1.54, 1.807) is 5.57 Å². The van der Waals surface area contributed by atoms with Gasteiger partial charge >= 0.3 is 5.97 Å². The van der Waals surface area contributed by atoms with Gasteiger partial charge in [0.15, 0.2) is 0 Å². The Bertz CT molecular complexity index is 728. The summed E-state index contributed by atoms with van der Waals surface area (Å²) in [6, 6.07) is 0. The van der Waals surface area contributed by atoms with Crippen LogP contribution in [-0.2, 0) is 4.79 Å². The van der Waals surface area contributed by atoms with E-state index in [9.17, 15) is 15.0 Å². The summed E-state index contributed by atoms with van der Waals surface area (Å²) < 4.78 is 0. The highest BCUT2D eigenvalue weighted by atomic mass is 16.4. The molecule has 0 radical (unpaired) electrons. The Morgan fingerprint density at radius 3 is 2.53 bits per heavy atom. The van der Waals surface area contributed by atoms with Gasteiger partial charge in [0, 0.05) is 0 Å². The van der Waals surface area contributed by atoms with Crippen molar-refractivity contribution in [3.63, 3.8) is 0 Å². The van der Waals surface area contributed by atoms with Crippen LogP contribution in [0.2, 0.25) is 0 Å². The van der Waals surface area contributed by atoms with Crippen LogP contribution in [0.1, 0.15) is 105 Å². The predicted molar refractivity (Wildman–Crippen MR) is 130 cm³/mol. The van der Waals surface area contributed by atoms with Gasteiger partial charge in [-0.2, -0.15) is 0 Å². The van der Waals surface area contributed by atoms with Gasteiger partial charge in [-0.05, 0) is 104 Å². The van der Waals surface area contributed by atoms with Crippen molar-refractivity contribution in [2.24, 2.45) is 52.3 Å². The van der Waals surface area contributed by atoms with E-state index in [0.29, 0.717) is 22.7 Å². The summed E-state index contributed by atoms with van der Waals surface area (Å²) >= 11 is 0. The first kappa shape index (κ1) is 24.3. The number of carboxylic acids is 1. The molecule has 3 heteroatoms. The number of carbonyl (C=O) groups is 1. The highest BCUT2D eigenvalue weighted by molar-refractivity contribution is 5.69. The summed E-state index contributed by atoms with van der Waals surface area (Å²) in [4.78, 5) is 11.5. The molecular weight excluding hydrogens is 396 g/mol. The van der Waals surface area contributed by atoms with Crippen LogP contribution in [-0.4, -0.2) is 22.3 Å². The molecule has 3 nitrogen and oxygen atoms in total. The Hall–Kier alpha value is -0.830. The zero-order chi connectivity index (χ0) is 23.3. The van der Waals surface area contributed by atoms with E-state index in [2.05, 4.69) is 33.8 Å². The number of aliphatic carboxylic acids is 1. The molecule has 0 heterocycles. The molecule has 3 saturated carbocycles. The maximum atomic E-state index is 11.5. The van der Waals surface area contributed by atoms with E-state index in [0.717, 1.165) is 49.4 Å². The van der Waals surface area contributed by atoms with Crippen molar-refractivity contribution in [2.45, 2.75) is 111 Å². The van der Waals surface area contributed by atoms with Crippen LogP contribution in [0.5, 0.6) is 0 Å². The number of allylic oxidation sites excluding steroid dienone is 1.